The van der Waals surface area contributed by atoms with Crippen LogP contribution in [0.15, 0.2) is 24.3 Å². The van der Waals surface area contributed by atoms with E-state index in [9.17, 15) is 22.8 Å². The summed E-state index contributed by atoms with van der Waals surface area (Å²) in [5.74, 6) is -0.821. The van der Waals surface area contributed by atoms with Crippen LogP contribution in [0, 0.1) is 0 Å². The summed E-state index contributed by atoms with van der Waals surface area (Å²) in [6.07, 6.45) is -0.272. The van der Waals surface area contributed by atoms with Gasteiger partial charge in [0.15, 0.2) is 0 Å². The number of amides is 4. The van der Waals surface area contributed by atoms with Crippen molar-refractivity contribution in [3.63, 3.8) is 0 Å². The topological polar surface area (TPSA) is 145 Å². The Morgan fingerprint density at radius 2 is 1.87 bits per heavy atom. The van der Waals surface area contributed by atoms with E-state index in [1.807, 2.05) is 0 Å². The zero-order valence-corrected chi connectivity index (χ0v) is 17.6. The number of benzene rings is 1. The van der Waals surface area contributed by atoms with Gasteiger partial charge in [0.05, 0.1) is 6.04 Å². The minimum Gasteiger partial charge on any atom is -0.444 e. The van der Waals surface area contributed by atoms with E-state index in [-0.39, 0.29) is 19.5 Å². The standard InChI is InChI=1S/C18H24N4O7S/c1-18(2,3)29-17(25)19-10-11-4-6-12(7-5-11)20-16(24)21-9-8-13-14(21)15(23)22(13)30(26,27)28/h4-7,13-14H,8-10H2,1-3H3,(H,19,25)(H,20,24)(H,26,27,28)/t13-,14?/m1/s1. The number of hydrogen-bond acceptors (Lipinski definition) is 6. The van der Waals surface area contributed by atoms with Crippen molar-refractivity contribution in [1.29, 1.82) is 0 Å². The maximum atomic E-state index is 12.5. The molecule has 12 heteroatoms. The fourth-order valence-electron chi connectivity index (χ4n) is 3.43. The fraction of sp³-hybridized carbons (Fsp3) is 0.500. The average Bonchev–Trinajstić information content (AvgIpc) is 2.97. The predicted molar refractivity (Wildman–Crippen MR) is 106 cm³/mol. The number of alkyl carbamates (subject to hydrolysis) is 1. The fourth-order valence-corrected chi connectivity index (χ4v) is 4.33. The third kappa shape index (κ3) is 4.65. The van der Waals surface area contributed by atoms with Gasteiger partial charge in [0.2, 0.25) is 0 Å². The van der Waals surface area contributed by atoms with Crippen LogP contribution in [0.25, 0.3) is 0 Å². The normalized spacial score (nSPS) is 21.0. The second kappa shape index (κ2) is 7.76. The van der Waals surface area contributed by atoms with Crippen LogP contribution < -0.4 is 10.6 Å². The maximum absolute atomic E-state index is 12.5. The highest BCUT2D eigenvalue weighted by molar-refractivity contribution is 7.84. The molecule has 1 aromatic rings. The Morgan fingerprint density at radius 3 is 2.43 bits per heavy atom. The molecular weight excluding hydrogens is 416 g/mol. The molecule has 164 valence electrons. The Morgan fingerprint density at radius 1 is 1.23 bits per heavy atom. The van der Waals surface area contributed by atoms with Crippen LogP contribution >= 0.6 is 0 Å². The van der Waals surface area contributed by atoms with Crippen molar-refractivity contribution in [2.45, 2.75) is 51.4 Å². The van der Waals surface area contributed by atoms with E-state index in [0.29, 0.717) is 9.99 Å². The first-order chi connectivity index (χ1) is 13.9. The van der Waals surface area contributed by atoms with Gasteiger partial charge in [-0.25, -0.2) is 13.9 Å². The summed E-state index contributed by atoms with van der Waals surface area (Å²) in [5, 5.41) is 5.29. The average molecular weight is 440 g/mol. The maximum Gasteiger partial charge on any atom is 0.407 e. The molecule has 2 fully saturated rings. The highest BCUT2D eigenvalue weighted by Crippen LogP contribution is 2.35. The van der Waals surface area contributed by atoms with Crippen LogP contribution in [-0.4, -0.2) is 64.4 Å². The smallest absolute Gasteiger partial charge is 0.407 e. The van der Waals surface area contributed by atoms with Crippen molar-refractivity contribution in [2.75, 3.05) is 11.9 Å². The Labute approximate surface area is 174 Å². The summed E-state index contributed by atoms with van der Waals surface area (Å²) in [4.78, 5) is 37.5. The van der Waals surface area contributed by atoms with Crippen LogP contribution in [0.4, 0.5) is 15.3 Å². The molecule has 1 unspecified atom stereocenters. The number of urea groups is 1. The van der Waals surface area contributed by atoms with E-state index in [1.54, 1.807) is 45.0 Å². The van der Waals surface area contributed by atoms with Crippen LogP contribution in [0.5, 0.6) is 0 Å². The summed E-state index contributed by atoms with van der Waals surface area (Å²) in [6, 6.07) is 4.55. The van der Waals surface area contributed by atoms with Gasteiger partial charge in [-0.05, 0) is 44.9 Å². The van der Waals surface area contributed by atoms with E-state index in [0.717, 1.165) is 5.56 Å². The molecule has 0 bridgehead atoms. The first-order valence-electron chi connectivity index (χ1n) is 9.31. The van der Waals surface area contributed by atoms with Gasteiger partial charge < -0.3 is 20.3 Å². The number of carbonyl (C=O) groups is 3. The number of ether oxygens (including phenoxy) is 1. The third-order valence-corrected chi connectivity index (χ3v) is 5.64. The van der Waals surface area contributed by atoms with Crippen LogP contribution in [0.2, 0.25) is 0 Å². The Bertz CT molecular complexity index is 956. The zero-order valence-electron chi connectivity index (χ0n) is 16.8. The largest absolute Gasteiger partial charge is 0.444 e. The van der Waals surface area contributed by atoms with Gasteiger partial charge in [0.25, 0.3) is 5.91 Å². The van der Waals surface area contributed by atoms with Crippen molar-refractivity contribution >= 4 is 34.0 Å². The second-order valence-corrected chi connectivity index (χ2v) is 9.38. The molecule has 0 radical (unpaired) electrons. The monoisotopic (exact) mass is 440 g/mol. The van der Waals surface area contributed by atoms with Gasteiger partial charge in [-0.15, -0.1) is 0 Å². The lowest BCUT2D eigenvalue weighted by Crippen LogP contribution is -2.68. The quantitative estimate of drug-likeness (QED) is 0.473. The predicted octanol–water partition coefficient (Wildman–Crippen LogP) is 1.33. The Balaban J connectivity index is 1.53. The minimum absolute atomic E-state index is 0.191. The van der Waals surface area contributed by atoms with E-state index in [1.165, 1.54) is 4.90 Å². The summed E-state index contributed by atoms with van der Waals surface area (Å²) >= 11 is 0. The molecule has 0 aliphatic carbocycles. The van der Waals surface area contributed by atoms with Gasteiger partial charge in [0, 0.05) is 18.8 Å². The number of β-lactam (4-membered cyclic amide) rings is 1. The Hall–Kier alpha value is -2.86. The van der Waals surface area contributed by atoms with E-state index in [2.05, 4.69) is 10.6 Å². The molecule has 4 amide bonds. The number of nitrogens with one attached hydrogen (secondary N) is 2. The highest BCUT2D eigenvalue weighted by Gasteiger charge is 2.60. The van der Waals surface area contributed by atoms with Crippen LogP contribution in [-0.2, 0) is 26.4 Å². The molecule has 0 saturated carbocycles. The molecule has 2 aliphatic heterocycles. The highest BCUT2D eigenvalue weighted by atomic mass is 32.2. The van der Waals surface area contributed by atoms with Crippen molar-refractivity contribution in [2.24, 2.45) is 0 Å². The van der Waals surface area contributed by atoms with Crippen molar-refractivity contribution in [3.05, 3.63) is 29.8 Å². The van der Waals surface area contributed by atoms with Gasteiger partial charge in [-0.1, -0.05) is 12.1 Å². The number of carbonyl (C=O) groups excluding carboxylic acids is 3. The van der Waals surface area contributed by atoms with Gasteiger partial charge in [-0.3, -0.25) is 9.35 Å². The number of rotatable bonds is 4. The second-order valence-electron chi connectivity index (χ2n) is 8.09. The molecule has 1 aromatic carbocycles. The molecule has 3 N–H and O–H groups in total. The molecular formula is C18H24N4O7S. The summed E-state index contributed by atoms with van der Waals surface area (Å²) < 4.78 is 37.1. The lowest BCUT2D eigenvalue weighted by Gasteiger charge is -2.42. The molecule has 2 heterocycles. The molecule has 2 saturated heterocycles. The number of nitrogens with zero attached hydrogens (tertiary/aromatic N) is 2. The van der Waals surface area contributed by atoms with E-state index >= 15 is 0 Å². The molecule has 0 aromatic heterocycles. The molecule has 30 heavy (non-hydrogen) atoms. The first-order valence-corrected chi connectivity index (χ1v) is 10.7. The first kappa shape index (κ1) is 21.8. The molecule has 0 spiro atoms. The SMILES string of the molecule is CC(C)(C)OC(=O)NCc1ccc(NC(=O)N2CC[C@@H]3C2C(=O)N3S(=O)(=O)O)cc1. The molecule has 2 aliphatic rings. The van der Waals surface area contributed by atoms with E-state index in [4.69, 9.17) is 9.29 Å². The van der Waals surface area contributed by atoms with E-state index < -0.39 is 46.0 Å². The molecule has 3 rings (SSSR count). The number of likely N-dealkylation sites (tertiary alicyclic amines) is 1. The molecule has 2 atom stereocenters. The van der Waals surface area contributed by atoms with Gasteiger partial charge in [0.1, 0.15) is 11.6 Å². The molecule has 11 nitrogen and oxygen atoms in total. The number of fused-ring (bicyclic) bond motifs is 1. The summed E-state index contributed by atoms with van der Waals surface area (Å²) in [6.45, 7) is 5.74. The summed E-state index contributed by atoms with van der Waals surface area (Å²) in [5.41, 5.74) is 0.674. The lowest BCUT2D eigenvalue weighted by molar-refractivity contribution is -0.143. The van der Waals surface area contributed by atoms with Gasteiger partial charge >= 0.3 is 22.4 Å². The Kier molecular flexibility index (Phi) is 5.65. The van der Waals surface area contributed by atoms with Crippen LogP contribution in [0.3, 0.4) is 0 Å². The number of hydrogen-bond donors (Lipinski definition) is 3. The third-order valence-electron chi connectivity index (χ3n) is 4.69. The van der Waals surface area contributed by atoms with Gasteiger partial charge in [-0.2, -0.15) is 8.42 Å². The number of anilines is 1. The van der Waals surface area contributed by atoms with Crippen molar-refractivity contribution < 1.29 is 32.1 Å². The van der Waals surface area contributed by atoms with Crippen molar-refractivity contribution in [3.8, 4) is 0 Å². The zero-order chi connectivity index (χ0) is 22.3. The van der Waals surface area contributed by atoms with Crippen LogP contribution in [0.1, 0.15) is 32.8 Å². The minimum atomic E-state index is -4.62. The van der Waals surface area contributed by atoms with Crippen molar-refractivity contribution in [1.82, 2.24) is 14.5 Å². The summed E-state index contributed by atoms with van der Waals surface area (Å²) in [7, 11) is -4.62. The lowest BCUT2D eigenvalue weighted by atomic mass is 10.0.